The summed E-state index contributed by atoms with van der Waals surface area (Å²) >= 11 is 0. The number of benzene rings is 3. The van der Waals surface area contributed by atoms with Gasteiger partial charge in [0.25, 0.3) is 0 Å². The van der Waals surface area contributed by atoms with Gasteiger partial charge in [-0.25, -0.2) is 8.42 Å². The van der Waals surface area contributed by atoms with Crippen LogP contribution in [-0.2, 0) is 21.2 Å². The highest BCUT2D eigenvalue weighted by atomic mass is 32.2. The van der Waals surface area contributed by atoms with Gasteiger partial charge in [-0.15, -0.1) is 0 Å². The van der Waals surface area contributed by atoms with Crippen LogP contribution in [0.1, 0.15) is 46.1 Å². The van der Waals surface area contributed by atoms with Crippen molar-refractivity contribution in [2.24, 2.45) is 11.8 Å². The Balaban J connectivity index is 1.66. The van der Waals surface area contributed by atoms with Crippen LogP contribution < -0.4 is 16.4 Å². The Morgan fingerprint density at radius 3 is 2.29 bits per heavy atom. The first-order valence-electron chi connectivity index (χ1n) is 14.5. The van der Waals surface area contributed by atoms with Crippen LogP contribution in [-0.4, -0.2) is 62.1 Å². The van der Waals surface area contributed by atoms with Gasteiger partial charge in [0.2, 0.25) is 15.9 Å². The van der Waals surface area contributed by atoms with Gasteiger partial charge in [0, 0.05) is 24.8 Å². The highest BCUT2D eigenvalue weighted by molar-refractivity contribution is 7.89. The number of nitrogens with zero attached hydrogens (tertiary/aromatic N) is 1. The van der Waals surface area contributed by atoms with Crippen LogP contribution in [0.2, 0.25) is 0 Å². The van der Waals surface area contributed by atoms with Crippen molar-refractivity contribution in [1.29, 1.82) is 0 Å². The third-order valence-corrected chi connectivity index (χ3v) is 8.99. The molecule has 9 heteroatoms. The Hall–Kier alpha value is -2.98. The summed E-state index contributed by atoms with van der Waals surface area (Å²) in [6.45, 7) is 9.16. The van der Waals surface area contributed by atoms with Crippen LogP contribution >= 0.6 is 0 Å². The average molecular weight is 583 g/mol. The Kier molecular flexibility index (Phi) is 12.1. The van der Waals surface area contributed by atoms with Crippen LogP contribution in [0.25, 0.3) is 10.8 Å². The highest BCUT2D eigenvalue weighted by Crippen LogP contribution is 2.23. The number of aliphatic hydroxyl groups excluding tert-OH is 1. The molecular formula is C32H46N4O4S. The molecule has 0 fully saturated rings. The summed E-state index contributed by atoms with van der Waals surface area (Å²) in [5, 5.41) is 19.0. The minimum Gasteiger partial charge on any atom is -0.399 e. The maximum absolute atomic E-state index is 13.5. The number of amides is 1. The van der Waals surface area contributed by atoms with Crippen LogP contribution in [0.4, 0.5) is 5.69 Å². The van der Waals surface area contributed by atoms with Gasteiger partial charge in [0.1, 0.15) is 0 Å². The van der Waals surface area contributed by atoms with Crippen molar-refractivity contribution < 1.29 is 18.3 Å². The van der Waals surface area contributed by atoms with E-state index in [9.17, 15) is 18.3 Å². The molecule has 0 aliphatic rings. The number of fused-ring (bicyclic) bond motifs is 1. The second-order valence-electron chi connectivity index (χ2n) is 11.5. The largest absolute Gasteiger partial charge is 0.399 e. The number of carbonyl (C=O) groups excluding carboxylic acids is 1. The predicted molar refractivity (Wildman–Crippen MR) is 167 cm³/mol. The number of hydrogen-bond donors (Lipinski definition) is 4. The summed E-state index contributed by atoms with van der Waals surface area (Å²) in [5.41, 5.74) is 7.34. The lowest BCUT2D eigenvalue weighted by Crippen LogP contribution is -2.47. The van der Waals surface area contributed by atoms with Crippen molar-refractivity contribution >= 4 is 32.4 Å². The maximum atomic E-state index is 13.5. The Morgan fingerprint density at radius 1 is 0.951 bits per heavy atom. The van der Waals surface area contributed by atoms with E-state index in [1.165, 1.54) is 16.4 Å². The molecule has 3 aromatic rings. The summed E-state index contributed by atoms with van der Waals surface area (Å²) in [7, 11) is -3.84. The zero-order chi connectivity index (χ0) is 30.0. The standard InChI is InChI=1S/C32H46N4O4S/c1-23(2)20-35-31(19-26-11-7-10-25-9-5-6-13-30(25)26)32(38)34-18-8-12-28(22-37)36(21-24(3)4)41(39,40)29-16-14-27(33)15-17-29/h5-7,9-11,13-17,23-24,28,31,35,37H,8,12,18-22,33H2,1-4H3,(H,34,38)/t28?,31-/m0/s1. The molecule has 1 amide bonds. The molecule has 224 valence electrons. The summed E-state index contributed by atoms with van der Waals surface area (Å²) in [6.07, 6.45) is 1.49. The third-order valence-electron chi connectivity index (χ3n) is 7.06. The first-order valence-corrected chi connectivity index (χ1v) is 15.9. The lowest BCUT2D eigenvalue weighted by Gasteiger charge is -2.31. The monoisotopic (exact) mass is 582 g/mol. The van der Waals surface area contributed by atoms with Gasteiger partial charge in [0.05, 0.1) is 17.5 Å². The molecule has 0 bridgehead atoms. The first kappa shape index (κ1) is 32.5. The normalized spacial score (nSPS) is 13.7. The van der Waals surface area contributed by atoms with Gasteiger partial charge in [-0.1, -0.05) is 70.2 Å². The molecule has 0 saturated carbocycles. The van der Waals surface area contributed by atoms with E-state index >= 15 is 0 Å². The van der Waals surface area contributed by atoms with E-state index < -0.39 is 22.1 Å². The molecule has 8 nitrogen and oxygen atoms in total. The number of hydrogen-bond acceptors (Lipinski definition) is 6. The number of anilines is 1. The molecule has 0 aromatic heterocycles. The quantitative estimate of drug-likeness (QED) is 0.148. The molecule has 0 aliphatic heterocycles. The SMILES string of the molecule is CC(C)CN[C@@H](Cc1cccc2ccccc12)C(=O)NCCCC(CO)N(CC(C)C)S(=O)(=O)c1ccc(N)cc1. The van der Waals surface area contributed by atoms with Gasteiger partial charge in [-0.05, 0) is 78.2 Å². The molecule has 0 aliphatic carbocycles. The highest BCUT2D eigenvalue weighted by Gasteiger charge is 2.31. The second kappa shape index (κ2) is 15.3. The molecule has 41 heavy (non-hydrogen) atoms. The van der Waals surface area contributed by atoms with Crippen molar-refractivity contribution in [1.82, 2.24) is 14.9 Å². The van der Waals surface area contributed by atoms with Gasteiger partial charge < -0.3 is 21.5 Å². The minimum atomic E-state index is -3.84. The predicted octanol–water partition coefficient (Wildman–Crippen LogP) is 4.18. The van der Waals surface area contributed by atoms with E-state index in [1.54, 1.807) is 12.1 Å². The number of rotatable bonds is 16. The molecule has 3 aromatic carbocycles. The van der Waals surface area contributed by atoms with Crippen molar-refractivity contribution in [2.45, 2.75) is 63.9 Å². The molecule has 5 N–H and O–H groups in total. The molecule has 1 unspecified atom stereocenters. The summed E-state index contributed by atoms with van der Waals surface area (Å²) < 4.78 is 28.4. The van der Waals surface area contributed by atoms with Crippen molar-refractivity contribution in [3.05, 3.63) is 72.3 Å². The maximum Gasteiger partial charge on any atom is 0.243 e. The van der Waals surface area contributed by atoms with Crippen LogP contribution in [0.5, 0.6) is 0 Å². The third kappa shape index (κ3) is 9.26. The molecule has 0 spiro atoms. The number of nitrogens with two attached hydrogens (primary N) is 1. The van der Waals surface area contributed by atoms with Crippen LogP contribution in [0, 0.1) is 11.8 Å². The number of sulfonamides is 1. The lowest BCUT2D eigenvalue weighted by atomic mass is 9.98. The van der Waals surface area contributed by atoms with Crippen molar-refractivity contribution in [2.75, 3.05) is 32.0 Å². The van der Waals surface area contributed by atoms with Crippen molar-refractivity contribution in [3.8, 4) is 0 Å². The lowest BCUT2D eigenvalue weighted by molar-refractivity contribution is -0.123. The molecule has 2 atom stereocenters. The zero-order valence-corrected chi connectivity index (χ0v) is 25.5. The van der Waals surface area contributed by atoms with E-state index in [2.05, 4.69) is 48.7 Å². The fourth-order valence-corrected chi connectivity index (χ4v) is 6.71. The zero-order valence-electron chi connectivity index (χ0n) is 24.7. The first-order chi connectivity index (χ1) is 19.5. The number of carbonyl (C=O) groups is 1. The fourth-order valence-electron chi connectivity index (χ4n) is 4.90. The van der Waals surface area contributed by atoms with Crippen LogP contribution in [0.3, 0.4) is 0 Å². The van der Waals surface area contributed by atoms with E-state index in [0.717, 1.165) is 16.3 Å². The smallest absolute Gasteiger partial charge is 0.243 e. The molecule has 0 saturated heterocycles. The molecule has 0 heterocycles. The van der Waals surface area contributed by atoms with Gasteiger partial charge in [-0.3, -0.25) is 4.79 Å². The number of nitrogens with one attached hydrogen (secondary N) is 2. The summed E-state index contributed by atoms with van der Waals surface area (Å²) in [6, 6.07) is 19.4. The summed E-state index contributed by atoms with van der Waals surface area (Å²) in [5.74, 6) is 0.361. The average Bonchev–Trinajstić information content (AvgIpc) is 2.94. The van der Waals surface area contributed by atoms with Crippen LogP contribution in [0.15, 0.2) is 71.6 Å². The minimum absolute atomic E-state index is 0.0640. The Labute approximate surface area is 245 Å². The van der Waals surface area contributed by atoms with Gasteiger partial charge >= 0.3 is 0 Å². The van der Waals surface area contributed by atoms with Gasteiger partial charge in [-0.2, -0.15) is 4.31 Å². The summed E-state index contributed by atoms with van der Waals surface area (Å²) in [4.78, 5) is 13.5. The molecule has 3 rings (SSSR count). The molecular weight excluding hydrogens is 536 g/mol. The topological polar surface area (TPSA) is 125 Å². The van der Waals surface area contributed by atoms with Gasteiger partial charge in [0.15, 0.2) is 0 Å². The van der Waals surface area contributed by atoms with E-state index in [4.69, 9.17) is 5.73 Å². The van der Waals surface area contributed by atoms with E-state index in [1.807, 2.05) is 32.0 Å². The van der Waals surface area contributed by atoms with Crippen molar-refractivity contribution in [3.63, 3.8) is 0 Å². The van der Waals surface area contributed by atoms with E-state index in [0.29, 0.717) is 44.0 Å². The fraction of sp³-hybridized carbons (Fsp3) is 0.469. The number of nitrogen functional groups attached to an aromatic ring is 1. The second-order valence-corrected chi connectivity index (χ2v) is 13.4. The van der Waals surface area contributed by atoms with E-state index in [-0.39, 0.29) is 29.9 Å². The Morgan fingerprint density at radius 2 is 1.63 bits per heavy atom. The molecule has 0 radical (unpaired) electrons. The number of aliphatic hydroxyl groups is 1. The Bertz CT molecular complexity index is 1350.